The number of hydrogen-bond donors (Lipinski definition) is 1. The van der Waals surface area contributed by atoms with Crippen LogP contribution >= 0.6 is 0 Å². The van der Waals surface area contributed by atoms with Gasteiger partial charge in [-0.05, 0) is 38.3 Å². The van der Waals surface area contributed by atoms with Crippen LogP contribution in [0.1, 0.15) is 52.4 Å². The Morgan fingerprint density at radius 1 is 1.25 bits per heavy atom. The van der Waals surface area contributed by atoms with Crippen LogP contribution < -0.4 is 5.32 Å². The number of aryl methyl sites for hydroxylation is 1. The number of hydrogen-bond acceptors (Lipinski definition) is 3. The van der Waals surface area contributed by atoms with E-state index in [4.69, 9.17) is 4.98 Å². The highest BCUT2D eigenvalue weighted by molar-refractivity contribution is 5.89. The highest BCUT2D eigenvalue weighted by atomic mass is 16.2. The lowest BCUT2D eigenvalue weighted by molar-refractivity contribution is -0.129. The van der Waals surface area contributed by atoms with Gasteiger partial charge in [0.2, 0.25) is 11.8 Å². The van der Waals surface area contributed by atoms with Crippen molar-refractivity contribution in [3.8, 4) is 0 Å². The summed E-state index contributed by atoms with van der Waals surface area (Å²) in [5, 5.41) is 3.02. The molecule has 0 saturated carbocycles. The van der Waals surface area contributed by atoms with Crippen molar-refractivity contribution in [3.05, 3.63) is 30.1 Å². The van der Waals surface area contributed by atoms with Gasteiger partial charge in [-0.25, -0.2) is 4.98 Å². The maximum absolute atomic E-state index is 12.4. The minimum absolute atomic E-state index is 0.00281. The van der Waals surface area contributed by atoms with Crippen LogP contribution in [0.3, 0.4) is 0 Å². The van der Waals surface area contributed by atoms with Crippen molar-refractivity contribution in [2.24, 2.45) is 11.8 Å². The Balaban J connectivity index is 1.51. The van der Waals surface area contributed by atoms with E-state index in [-0.39, 0.29) is 17.7 Å². The molecule has 1 N–H and O–H groups in total. The Morgan fingerprint density at radius 2 is 2.00 bits per heavy atom. The van der Waals surface area contributed by atoms with Gasteiger partial charge in [0.05, 0.1) is 17.0 Å². The zero-order chi connectivity index (χ0) is 20.3. The number of carbonyl (C=O) groups is 2. The van der Waals surface area contributed by atoms with Gasteiger partial charge in [-0.3, -0.25) is 9.59 Å². The predicted octanol–water partition coefficient (Wildman–Crippen LogP) is 3.17. The van der Waals surface area contributed by atoms with E-state index in [1.165, 1.54) is 0 Å². The molecule has 0 bridgehead atoms. The number of benzene rings is 1. The van der Waals surface area contributed by atoms with Gasteiger partial charge in [0.1, 0.15) is 5.82 Å². The van der Waals surface area contributed by atoms with Gasteiger partial charge in [-0.1, -0.05) is 26.0 Å². The van der Waals surface area contributed by atoms with E-state index in [0.29, 0.717) is 31.5 Å². The fourth-order valence-electron chi connectivity index (χ4n) is 4.01. The number of rotatable bonds is 8. The Hall–Kier alpha value is -2.37. The molecular weight excluding hydrogens is 352 g/mol. The molecule has 1 aliphatic heterocycles. The molecule has 2 amide bonds. The summed E-state index contributed by atoms with van der Waals surface area (Å²) in [4.78, 5) is 31.1. The van der Waals surface area contributed by atoms with Crippen LogP contribution in [0.5, 0.6) is 0 Å². The first-order chi connectivity index (χ1) is 13.4. The van der Waals surface area contributed by atoms with E-state index in [0.717, 1.165) is 36.2 Å². The fraction of sp³-hybridized carbons (Fsp3) is 0.591. The van der Waals surface area contributed by atoms with Crippen LogP contribution in [0.2, 0.25) is 0 Å². The summed E-state index contributed by atoms with van der Waals surface area (Å²) in [5.41, 5.74) is 2.18. The molecule has 0 radical (unpaired) electrons. The van der Waals surface area contributed by atoms with Crippen molar-refractivity contribution >= 4 is 22.8 Å². The number of amides is 2. The first-order valence-corrected chi connectivity index (χ1v) is 10.4. The van der Waals surface area contributed by atoms with Gasteiger partial charge < -0.3 is 14.8 Å². The lowest BCUT2D eigenvalue weighted by Crippen LogP contribution is -2.34. The van der Waals surface area contributed by atoms with Crippen molar-refractivity contribution in [1.82, 2.24) is 19.8 Å². The third kappa shape index (κ3) is 4.54. The second-order valence-electron chi connectivity index (χ2n) is 8.47. The minimum Gasteiger partial charge on any atom is -0.356 e. The van der Waals surface area contributed by atoms with E-state index in [1.807, 2.05) is 23.1 Å². The molecule has 1 aromatic heterocycles. The zero-order valence-electron chi connectivity index (χ0n) is 17.4. The predicted molar refractivity (Wildman–Crippen MR) is 111 cm³/mol. The number of nitrogens with one attached hydrogen (secondary N) is 1. The SMILES string of the molecule is CC(C)CN1C[C@@H](C(=O)NCCCc2nc3ccccc3n2C(C)C)CC1=O. The summed E-state index contributed by atoms with van der Waals surface area (Å²) in [7, 11) is 0. The number of fused-ring (bicyclic) bond motifs is 1. The third-order valence-electron chi connectivity index (χ3n) is 5.23. The van der Waals surface area contributed by atoms with Crippen LogP contribution in [0.4, 0.5) is 0 Å². The Morgan fingerprint density at radius 3 is 2.71 bits per heavy atom. The molecular formula is C22H32N4O2. The molecule has 152 valence electrons. The van der Waals surface area contributed by atoms with Gasteiger partial charge >= 0.3 is 0 Å². The van der Waals surface area contributed by atoms with Crippen LogP contribution in [0.25, 0.3) is 11.0 Å². The molecule has 1 saturated heterocycles. The number of nitrogens with zero attached hydrogens (tertiary/aromatic N) is 3. The van der Waals surface area contributed by atoms with Gasteiger partial charge in [-0.15, -0.1) is 0 Å². The highest BCUT2D eigenvalue weighted by Gasteiger charge is 2.34. The summed E-state index contributed by atoms with van der Waals surface area (Å²) in [6.45, 7) is 10.4. The van der Waals surface area contributed by atoms with Gasteiger partial charge in [-0.2, -0.15) is 0 Å². The topological polar surface area (TPSA) is 67.2 Å². The van der Waals surface area contributed by atoms with Gasteiger partial charge in [0.25, 0.3) is 0 Å². The zero-order valence-corrected chi connectivity index (χ0v) is 17.4. The molecule has 2 heterocycles. The molecule has 2 aromatic rings. The number of imidazole rings is 1. The third-order valence-corrected chi connectivity index (χ3v) is 5.23. The molecule has 1 fully saturated rings. The second-order valence-corrected chi connectivity index (χ2v) is 8.47. The minimum atomic E-state index is -0.216. The van der Waals surface area contributed by atoms with Crippen molar-refractivity contribution in [2.45, 2.75) is 53.0 Å². The molecule has 0 aliphatic carbocycles. The van der Waals surface area contributed by atoms with Crippen LogP contribution in [-0.2, 0) is 16.0 Å². The Kier molecular flexibility index (Phi) is 6.37. The van der Waals surface area contributed by atoms with Gasteiger partial charge in [0, 0.05) is 38.5 Å². The van der Waals surface area contributed by atoms with Crippen LogP contribution in [0.15, 0.2) is 24.3 Å². The molecule has 0 spiro atoms. The largest absolute Gasteiger partial charge is 0.356 e. The maximum atomic E-state index is 12.4. The Labute approximate surface area is 167 Å². The first kappa shape index (κ1) is 20.4. The fourth-order valence-corrected chi connectivity index (χ4v) is 4.01. The summed E-state index contributed by atoms with van der Waals surface area (Å²) < 4.78 is 2.27. The lowest BCUT2D eigenvalue weighted by Gasteiger charge is -2.18. The van der Waals surface area contributed by atoms with Crippen LogP contribution in [0, 0.1) is 11.8 Å². The summed E-state index contributed by atoms with van der Waals surface area (Å²) in [6, 6.07) is 8.54. The van der Waals surface area contributed by atoms with E-state index in [9.17, 15) is 9.59 Å². The van der Waals surface area contributed by atoms with E-state index < -0.39 is 0 Å². The average Bonchev–Trinajstić information content (AvgIpc) is 3.18. The number of para-hydroxylation sites is 2. The molecule has 28 heavy (non-hydrogen) atoms. The smallest absolute Gasteiger partial charge is 0.225 e. The normalized spacial score (nSPS) is 17.3. The Bertz CT molecular complexity index is 840. The monoisotopic (exact) mass is 384 g/mol. The van der Waals surface area contributed by atoms with E-state index in [2.05, 4.69) is 43.6 Å². The second kappa shape index (κ2) is 8.76. The number of likely N-dealkylation sites (tertiary alicyclic amines) is 1. The van der Waals surface area contributed by atoms with Crippen molar-refractivity contribution in [1.29, 1.82) is 0 Å². The number of carbonyl (C=O) groups excluding carboxylic acids is 2. The van der Waals surface area contributed by atoms with Crippen molar-refractivity contribution in [3.63, 3.8) is 0 Å². The molecule has 3 rings (SSSR count). The molecule has 0 unspecified atom stereocenters. The van der Waals surface area contributed by atoms with Crippen LogP contribution in [-0.4, -0.2) is 45.9 Å². The molecule has 6 heteroatoms. The lowest BCUT2D eigenvalue weighted by atomic mass is 10.1. The highest BCUT2D eigenvalue weighted by Crippen LogP contribution is 2.22. The maximum Gasteiger partial charge on any atom is 0.225 e. The quantitative estimate of drug-likeness (QED) is 0.711. The molecule has 6 nitrogen and oxygen atoms in total. The first-order valence-electron chi connectivity index (χ1n) is 10.4. The van der Waals surface area contributed by atoms with Gasteiger partial charge in [0.15, 0.2) is 0 Å². The van der Waals surface area contributed by atoms with E-state index >= 15 is 0 Å². The van der Waals surface area contributed by atoms with Crippen molar-refractivity contribution in [2.75, 3.05) is 19.6 Å². The van der Waals surface area contributed by atoms with E-state index in [1.54, 1.807) is 0 Å². The summed E-state index contributed by atoms with van der Waals surface area (Å²) in [5.74, 6) is 1.36. The average molecular weight is 385 g/mol. The molecule has 1 aromatic carbocycles. The molecule has 1 aliphatic rings. The summed E-state index contributed by atoms with van der Waals surface area (Å²) >= 11 is 0. The number of aromatic nitrogens is 2. The standard InChI is InChI=1S/C22H32N4O2/c1-15(2)13-25-14-17(12-21(25)27)22(28)23-11-7-10-20-24-18-8-5-6-9-19(18)26(20)16(3)4/h5-6,8-9,15-17H,7,10-14H2,1-4H3,(H,23,28)/t17-/m0/s1. The molecule has 1 atom stereocenters. The van der Waals surface area contributed by atoms with Crippen molar-refractivity contribution < 1.29 is 9.59 Å². The summed E-state index contributed by atoms with van der Waals surface area (Å²) in [6.07, 6.45) is 1.98.